The number of hydrogen-bond acceptors (Lipinski definition) is 4. The largest absolute Gasteiger partial charge is 0.417 e. The van der Waals surface area contributed by atoms with Crippen molar-refractivity contribution >= 4 is 17.7 Å². The Hall–Kier alpha value is -1.28. The Morgan fingerprint density at radius 2 is 2.20 bits per heavy atom. The van der Waals surface area contributed by atoms with Crippen LogP contribution in [0.4, 0.5) is 13.2 Å². The Morgan fingerprint density at radius 1 is 1.50 bits per heavy atom. The van der Waals surface area contributed by atoms with Crippen molar-refractivity contribution in [3.05, 3.63) is 23.9 Å². The van der Waals surface area contributed by atoms with Crippen molar-refractivity contribution < 1.29 is 18.0 Å². The summed E-state index contributed by atoms with van der Waals surface area (Å²) in [4.78, 5) is 15.0. The van der Waals surface area contributed by atoms with Gasteiger partial charge in [-0.2, -0.15) is 13.2 Å². The third kappa shape index (κ3) is 4.38. The van der Waals surface area contributed by atoms with Gasteiger partial charge in [-0.05, 0) is 25.0 Å². The van der Waals surface area contributed by atoms with Gasteiger partial charge in [0.2, 0.25) is 5.91 Å². The van der Waals surface area contributed by atoms with E-state index in [0.717, 1.165) is 25.1 Å². The zero-order valence-corrected chi connectivity index (χ0v) is 11.3. The van der Waals surface area contributed by atoms with Gasteiger partial charge in [0, 0.05) is 18.0 Å². The maximum absolute atomic E-state index is 12.4. The maximum Gasteiger partial charge on any atom is 0.417 e. The minimum atomic E-state index is -4.39. The van der Waals surface area contributed by atoms with Gasteiger partial charge in [0.25, 0.3) is 0 Å². The van der Waals surface area contributed by atoms with E-state index >= 15 is 0 Å². The molecule has 0 spiro atoms. The van der Waals surface area contributed by atoms with E-state index in [4.69, 9.17) is 5.73 Å². The fourth-order valence-corrected chi connectivity index (χ4v) is 2.44. The molecule has 4 nitrogen and oxygen atoms in total. The molecule has 1 aliphatic rings. The summed E-state index contributed by atoms with van der Waals surface area (Å²) in [7, 11) is 0. The topological polar surface area (TPSA) is 68.0 Å². The molecule has 110 valence electrons. The number of amides is 1. The Bertz CT molecular complexity index is 474. The van der Waals surface area contributed by atoms with E-state index in [1.807, 2.05) is 0 Å². The molecule has 1 atom stereocenters. The fourth-order valence-electron chi connectivity index (χ4n) is 1.55. The summed E-state index contributed by atoms with van der Waals surface area (Å²) < 4.78 is 37.1. The molecule has 1 aromatic rings. The smallest absolute Gasteiger partial charge is 0.368 e. The number of primary amides is 1. The predicted molar refractivity (Wildman–Crippen MR) is 69.1 cm³/mol. The highest BCUT2D eigenvalue weighted by Crippen LogP contribution is 2.29. The number of nitrogens with zero attached hydrogens (tertiary/aromatic N) is 1. The Morgan fingerprint density at radius 3 is 2.65 bits per heavy atom. The highest BCUT2D eigenvalue weighted by Gasteiger charge is 2.31. The van der Waals surface area contributed by atoms with Crippen LogP contribution in [0.3, 0.4) is 0 Å². The van der Waals surface area contributed by atoms with Crippen LogP contribution < -0.4 is 11.1 Å². The summed E-state index contributed by atoms with van der Waals surface area (Å²) in [5.41, 5.74) is 4.49. The molecule has 1 heterocycles. The van der Waals surface area contributed by atoms with Crippen LogP contribution in [0.25, 0.3) is 0 Å². The molecule has 1 amide bonds. The lowest BCUT2D eigenvalue weighted by Crippen LogP contribution is -2.44. The van der Waals surface area contributed by atoms with Crippen molar-refractivity contribution in [3.63, 3.8) is 0 Å². The van der Waals surface area contributed by atoms with Gasteiger partial charge in [-0.15, -0.1) is 11.8 Å². The summed E-state index contributed by atoms with van der Waals surface area (Å²) >= 11 is 1.20. The number of pyridine rings is 1. The van der Waals surface area contributed by atoms with Gasteiger partial charge in [-0.1, -0.05) is 0 Å². The summed E-state index contributed by atoms with van der Waals surface area (Å²) in [6.45, 7) is 0. The molecular weight excluding hydrogens is 291 g/mol. The summed E-state index contributed by atoms with van der Waals surface area (Å²) in [5, 5.41) is 3.53. The average Bonchev–Trinajstić information content (AvgIpc) is 3.17. The van der Waals surface area contributed by atoms with Crippen LogP contribution >= 0.6 is 11.8 Å². The summed E-state index contributed by atoms with van der Waals surface area (Å²) in [6.07, 6.45) is -1.56. The number of rotatable bonds is 6. The van der Waals surface area contributed by atoms with Crippen molar-refractivity contribution in [2.24, 2.45) is 5.73 Å². The van der Waals surface area contributed by atoms with E-state index in [1.54, 1.807) is 0 Å². The molecule has 1 saturated carbocycles. The first-order valence-corrected chi connectivity index (χ1v) is 7.06. The molecule has 1 aliphatic carbocycles. The van der Waals surface area contributed by atoms with E-state index in [1.165, 1.54) is 17.8 Å². The average molecular weight is 305 g/mol. The van der Waals surface area contributed by atoms with Crippen molar-refractivity contribution in [1.82, 2.24) is 10.3 Å². The number of carbonyl (C=O) groups excluding carboxylic acids is 1. The van der Waals surface area contributed by atoms with Crippen LogP contribution in [0.15, 0.2) is 23.4 Å². The minimum absolute atomic E-state index is 0.327. The van der Waals surface area contributed by atoms with Gasteiger partial charge >= 0.3 is 6.18 Å². The van der Waals surface area contributed by atoms with Crippen LogP contribution in [-0.4, -0.2) is 28.7 Å². The van der Waals surface area contributed by atoms with Gasteiger partial charge in [0.05, 0.1) is 16.6 Å². The van der Waals surface area contributed by atoms with E-state index in [9.17, 15) is 18.0 Å². The Balaban J connectivity index is 1.90. The molecule has 1 unspecified atom stereocenters. The number of alkyl halides is 3. The fraction of sp³-hybridized carbons (Fsp3) is 0.500. The van der Waals surface area contributed by atoms with Gasteiger partial charge in [-0.25, -0.2) is 4.98 Å². The maximum atomic E-state index is 12.4. The molecule has 0 bridgehead atoms. The number of thioether (sulfide) groups is 1. The van der Waals surface area contributed by atoms with Crippen molar-refractivity contribution in [1.29, 1.82) is 0 Å². The van der Waals surface area contributed by atoms with E-state index in [2.05, 4.69) is 10.3 Å². The van der Waals surface area contributed by atoms with Gasteiger partial charge in [0.15, 0.2) is 0 Å². The van der Waals surface area contributed by atoms with E-state index < -0.39 is 23.7 Å². The van der Waals surface area contributed by atoms with E-state index in [-0.39, 0.29) is 0 Å². The lowest BCUT2D eigenvalue weighted by molar-refractivity contribution is -0.137. The number of halogens is 3. The molecule has 0 aliphatic heterocycles. The van der Waals surface area contributed by atoms with Crippen LogP contribution in [0, 0.1) is 0 Å². The Labute approximate surface area is 118 Å². The highest BCUT2D eigenvalue weighted by atomic mass is 32.2. The molecule has 0 radical (unpaired) electrons. The molecule has 2 rings (SSSR count). The third-order valence-corrected chi connectivity index (χ3v) is 3.86. The summed E-state index contributed by atoms with van der Waals surface area (Å²) in [6, 6.07) is 2.11. The van der Waals surface area contributed by atoms with Crippen LogP contribution in [0.1, 0.15) is 18.4 Å². The SMILES string of the molecule is NC(=O)C(CSc1ccc(C(F)(F)F)cn1)NC1CC1. The quantitative estimate of drug-likeness (QED) is 0.786. The number of nitrogens with one attached hydrogen (secondary N) is 1. The molecule has 1 aromatic heterocycles. The zero-order valence-electron chi connectivity index (χ0n) is 10.5. The molecule has 8 heteroatoms. The Kier molecular flexibility index (Phi) is 4.54. The van der Waals surface area contributed by atoms with Gasteiger partial charge in [0.1, 0.15) is 0 Å². The van der Waals surface area contributed by atoms with Crippen LogP contribution in [-0.2, 0) is 11.0 Å². The molecule has 3 N–H and O–H groups in total. The monoisotopic (exact) mass is 305 g/mol. The van der Waals surface area contributed by atoms with E-state index in [0.29, 0.717) is 16.8 Å². The minimum Gasteiger partial charge on any atom is -0.368 e. The first-order chi connectivity index (χ1) is 9.36. The van der Waals surface area contributed by atoms with Crippen LogP contribution in [0.2, 0.25) is 0 Å². The number of hydrogen-bond donors (Lipinski definition) is 2. The predicted octanol–water partition coefficient (Wildman–Crippen LogP) is 1.80. The van der Waals surface area contributed by atoms with Crippen molar-refractivity contribution in [2.45, 2.75) is 36.1 Å². The standard InChI is InChI=1S/C12H14F3N3OS/c13-12(14,15)7-1-4-10(17-5-7)20-6-9(11(16)19)18-8-2-3-8/h1,4-5,8-9,18H,2-3,6H2,(H2,16,19). The van der Waals surface area contributed by atoms with Crippen LogP contribution in [0.5, 0.6) is 0 Å². The number of carbonyl (C=O) groups is 1. The molecule has 0 saturated heterocycles. The van der Waals surface area contributed by atoms with Crippen molar-refractivity contribution in [3.8, 4) is 0 Å². The third-order valence-electron chi connectivity index (χ3n) is 2.82. The number of aromatic nitrogens is 1. The molecule has 1 fully saturated rings. The molecule has 20 heavy (non-hydrogen) atoms. The second-order valence-electron chi connectivity index (χ2n) is 4.59. The van der Waals surface area contributed by atoms with Gasteiger partial charge in [-0.3, -0.25) is 4.79 Å². The zero-order chi connectivity index (χ0) is 14.8. The lowest BCUT2D eigenvalue weighted by Gasteiger charge is -2.14. The molecular formula is C12H14F3N3OS. The second-order valence-corrected chi connectivity index (χ2v) is 5.63. The molecule has 0 aromatic carbocycles. The number of nitrogens with two attached hydrogens (primary N) is 1. The first-order valence-electron chi connectivity index (χ1n) is 6.07. The summed E-state index contributed by atoms with van der Waals surface area (Å²) in [5.74, 6) is -0.110. The highest BCUT2D eigenvalue weighted by molar-refractivity contribution is 7.99. The van der Waals surface area contributed by atoms with Crippen molar-refractivity contribution in [2.75, 3.05) is 5.75 Å². The second kappa shape index (κ2) is 6.01. The lowest BCUT2D eigenvalue weighted by atomic mass is 10.3. The normalized spacial score (nSPS) is 16.9. The van der Waals surface area contributed by atoms with Gasteiger partial charge < -0.3 is 11.1 Å². The first kappa shape index (κ1) is 15.1.